The molecule has 1 aliphatic rings. The van der Waals surface area contributed by atoms with E-state index in [1.807, 2.05) is 30.3 Å². The zero-order valence-electron chi connectivity index (χ0n) is 12.9. The molecule has 0 unspecified atom stereocenters. The lowest BCUT2D eigenvalue weighted by Gasteiger charge is -2.32. The molecule has 2 aromatic heterocycles. The van der Waals surface area contributed by atoms with Gasteiger partial charge in [0.1, 0.15) is 6.10 Å². The second-order valence-electron chi connectivity index (χ2n) is 5.57. The van der Waals surface area contributed by atoms with Crippen LogP contribution in [0.25, 0.3) is 11.5 Å². The Morgan fingerprint density at radius 3 is 2.79 bits per heavy atom. The molecule has 122 valence electrons. The smallest absolute Gasteiger partial charge is 0.276 e. The Hall–Kier alpha value is -2.86. The average molecular weight is 324 g/mol. The van der Waals surface area contributed by atoms with Gasteiger partial charge in [0.05, 0.1) is 19.4 Å². The molecule has 1 aromatic carbocycles. The maximum Gasteiger partial charge on any atom is 0.276 e. The molecule has 1 saturated heterocycles. The number of morpholine rings is 1. The number of carbonyl (C=O) groups excluding carboxylic acids is 1. The van der Waals surface area contributed by atoms with E-state index in [1.54, 1.807) is 29.4 Å². The standard InChI is InChI=1S/C18H16N2O4/c21-18(14-11-16(24-19-14)15-7-4-9-22-15)20-8-10-23-17(12-20)13-5-2-1-3-6-13/h1-7,9,11,17H,8,10,12H2/t17-/m0/s1. The zero-order chi connectivity index (χ0) is 16.4. The van der Waals surface area contributed by atoms with Crippen molar-refractivity contribution in [1.29, 1.82) is 0 Å². The molecule has 0 saturated carbocycles. The van der Waals surface area contributed by atoms with Crippen molar-refractivity contribution in [1.82, 2.24) is 10.1 Å². The van der Waals surface area contributed by atoms with Gasteiger partial charge < -0.3 is 18.6 Å². The Morgan fingerprint density at radius 2 is 2.00 bits per heavy atom. The van der Waals surface area contributed by atoms with Crippen molar-refractivity contribution in [3.05, 3.63) is 66.1 Å². The molecule has 3 aromatic rings. The van der Waals surface area contributed by atoms with Gasteiger partial charge in [-0.15, -0.1) is 0 Å². The van der Waals surface area contributed by atoms with E-state index in [-0.39, 0.29) is 17.7 Å². The number of benzene rings is 1. The first-order chi connectivity index (χ1) is 11.8. The molecule has 1 fully saturated rings. The Morgan fingerprint density at radius 1 is 1.12 bits per heavy atom. The van der Waals surface area contributed by atoms with Crippen molar-refractivity contribution in [3.63, 3.8) is 0 Å². The SMILES string of the molecule is O=C(c1cc(-c2ccco2)on1)N1CCO[C@H](c2ccccc2)C1. The lowest BCUT2D eigenvalue weighted by molar-refractivity contribution is -0.0231. The number of amides is 1. The third-order valence-electron chi connectivity index (χ3n) is 4.02. The van der Waals surface area contributed by atoms with Crippen molar-refractivity contribution in [2.75, 3.05) is 19.7 Å². The van der Waals surface area contributed by atoms with Gasteiger partial charge in [-0.3, -0.25) is 4.79 Å². The molecule has 4 rings (SSSR count). The van der Waals surface area contributed by atoms with Crippen LogP contribution >= 0.6 is 0 Å². The number of ether oxygens (including phenoxy) is 1. The van der Waals surface area contributed by atoms with E-state index in [9.17, 15) is 4.79 Å². The van der Waals surface area contributed by atoms with Crippen LogP contribution in [0.1, 0.15) is 22.2 Å². The van der Waals surface area contributed by atoms with Crippen LogP contribution in [0.15, 0.2) is 63.7 Å². The van der Waals surface area contributed by atoms with Crippen LogP contribution < -0.4 is 0 Å². The summed E-state index contributed by atoms with van der Waals surface area (Å²) in [4.78, 5) is 14.4. The summed E-state index contributed by atoms with van der Waals surface area (Å²) < 4.78 is 16.3. The summed E-state index contributed by atoms with van der Waals surface area (Å²) in [5.74, 6) is 0.822. The quantitative estimate of drug-likeness (QED) is 0.740. The van der Waals surface area contributed by atoms with Gasteiger partial charge in [-0.2, -0.15) is 0 Å². The van der Waals surface area contributed by atoms with E-state index in [1.165, 1.54) is 0 Å². The van der Waals surface area contributed by atoms with E-state index < -0.39 is 0 Å². The molecule has 1 atom stereocenters. The van der Waals surface area contributed by atoms with Crippen LogP contribution in [0, 0.1) is 0 Å². The van der Waals surface area contributed by atoms with Gasteiger partial charge in [0.25, 0.3) is 5.91 Å². The average Bonchev–Trinajstić information content (AvgIpc) is 3.33. The minimum atomic E-state index is -0.166. The highest BCUT2D eigenvalue weighted by atomic mass is 16.5. The predicted octanol–water partition coefficient (Wildman–Crippen LogP) is 3.15. The molecule has 6 nitrogen and oxygen atoms in total. The number of nitrogens with zero attached hydrogens (tertiary/aromatic N) is 2. The molecule has 24 heavy (non-hydrogen) atoms. The Labute approximate surface area is 138 Å². The Bertz CT molecular complexity index is 811. The topological polar surface area (TPSA) is 68.7 Å². The fourth-order valence-corrected chi connectivity index (χ4v) is 2.78. The molecule has 3 heterocycles. The molecule has 0 bridgehead atoms. The summed E-state index contributed by atoms with van der Waals surface area (Å²) >= 11 is 0. The minimum Gasteiger partial charge on any atom is -0.461 e. The predicted molar refractivity (Wildman–Crippen MR) is 85.2 cm³/mol. The third-order valence-corrected chi connectivity index (χ3v) is 4.02. The van der Waals surface area contributed by atoms with Gasteiger partial charge in [0.15, 0.2) is 11.5 Å². The monoisotopic (exact) mass is 324 g/mol. The van der Waals surface area contributed by atoms with Gasteiger partial charge in [0.2, 0.25) is 5.76 Å². The summed E-state index contributed by atoms with van der Waals surface area (Å²) in [5, 5.41) is 3.88. The third kappa shape index (κ3) is 2.83. The molecule has 0 radical (unpaired) electrons. The van der Waals surface area contributed by atoms with Gasteiger partial charge in [-0.25, -0.2) is 0 Å². The van der Waals surface area contributed by atoms with Crippen LogP contribution in [0.5, 0.6) is 0 Å². The molecule has 0 aliphatic carbocycles. The normalized spacial score (nSPS) is 17.8. The minimum absolute atomic E-state index is 0.125. The lowest BCUT2D eigenvalue weighted by Crippen LogP contribution is -2.42. The zero-order valence-corrected chi connectivity index (χ0v) is 12.9. The van der Waals surface area contributed by atoms with E-state index in [0.29, 0.717) is 31.2 Å². The lowest BCUT2D eigenvalue weighted by atomic mass is 10.1. The summed E-state index contributed by atoms with van der Waals surface area (Å²) in [5.41, 5.74) is 1.33. The van der Waals surface area contributed by atoms with Crippen molar-refractivity contribution in [2.45, 2.75) is 6.10 Å². The van der Waals surface area contributed by atoms with Crippen molar-refractivity contribution >= 4 is 5.91 Å². The largest absolute Gasteiger partial charge is 0.461 e. The highest BCUT2D eigenvalue weighted by molar-refractivity contribution is 5.93. The van der Waals surface area contributed by atoms with E-state index in [4.69, 9.17) is 13.7 Å². The summed E-state index contributed by atoms with van der Waals surface area (Å²) in [6.45, 7) is 1.52. The number of furan rings is 1. The summed E-state index contributed by atoms with van der Waals surface area (Å²) in [6, 6.07) is 15.0. The van der Waals surface area contributed by atoms with Crippen molar-refractivity contribution < 1.29 is 18.5 Å². The molecular formula is C18H16N2O4. The highest BCUT2D eigenvalue weighted by Crippen LogP contribution is 2.25. The van der Waals surface area contributed by atoms with Crippen molar-refractivity contribution in [3.8, 4) is 11.5 Å². The van der Waals surface area contributed by atoms with Crippen molar-refractivity contribution in [2.24, 2.45) is 0 Å². The maximum absolute atomic E-state index is 12.7. The van der Waals surface area contributed by atoms with Gasteiger partial charge >= 0.3 is 0 Å². The van der Waals surface area contributed by atoms with Crippen LogP contribution in [0.4, 0.5) is 0 Å². The second kappa shape index (κ2) is 6.33. The van der Waals surface area contributed by atoms with Gasteiger partial charge in [-0.1, -0.05) is 35.5 Å². The first kappa shape index (κ1) is 14.7. The van der Waals surface area contributed by atoms with Crippen LogP contribution in [0.3, 0.4) is 0 Å². The van der Waals surface area contributed by atoms with Gasteiger partial charge in [0, 0.05) is 12.6 Å². The fraction of sp³-hybridized carbons (Fsp3) is 0.222. The Balaban J connectivity index is 1.50. The maximum atomic E-state index is 12.7. The molecular weight excluding hydrogens is 308 g/mol. The molecule has 6 heteroatoms. The number of hydrogen-bond donors (Lipinski definition) is 0. The number of hydrogen-bond acceptors (Lipinski definition) is 5. The van der Waals surface area contributed by atoms with Gasteiger partial charge in [-0.05, 0) is 17.7 Å². The van der Waals surface area contributed by atoms with Crippen LogP contribution in [-0.4, -0.2) is 35.7 Å². The number of rotatable bonds is 3. The molecule has 1 aliphatic heterocycles. The van der Waals surface area contributed by atoms with E-state index in [0.717, 1.165) is 5.56 Å². The first-order valence-electron chi connectivity index (χ1n) is 7.77. The molecule has 0 spiro atoms. The number of aromatic nitrogens is 1. The summed E-state index contributed by atoms with van der Waals surface area (Å²) in [7, 11) is 0. The first-order valence-corrected chi connectivity index (χ1v) is 7.77. The van der Waals surface area contributed by atoms with Crippen LogP contribution in [0.2, 0.25) is 0 Å². The molecule has 1 amide bonds. The number of carbonyl (C=O) groups is 1. The molecule has 0 N–H and O–H groups in total. The fourth-order valence-electron chi connectivity index (χ4n) is 2.78. The van der Waals surface area contributed by atoms with E-state index >= 15 is 0 Å². The van der Waals surface area contributed by atoms with Crippen LogP contribution in [-0.2, 0) is 4.74 Å². The summed E-state index contributed by atoms with van der Waals surface area (Å²) in [6.07, 6.45) is 1.42. The van der Waals surface area contributed by atoms with E-state index in [2.05, 4.69) is 5.16 Å². The highest BCUT2D eigenvalue weighted by Gasteiger charge is 2.28. The Kier molecular flexibility index (Phi) is 3.88. The second-order valence-corrected chi connectivity index (χ2v) is 5.57.